The second-order valence-electron chi connectivity index (χ2n) is 4.39. The van der Waals surface area contributed by atoms with Gasteiger partial charge in [0.1, 0.15) is 5.38 Å². The first kappa shape index (κ1) is 12.9. The van der Waals surface area contributed by atoms with Crippen LogP contribution in [0, 0.1) is 13.8 Å². The summed E-state index contributed by atoms with van der Waals surface area (Å²) in [6.07, 6.45) is 0. The average molecular weight is 266 g/mol. The maximum atomic E-state index is 5.90. The van der Waals surface area contributed by atoms with E-state index in [1.54, 1.807) is 6.92 Å². The first-order valence-electron chi connectivity index (χ1n) is 5.77. The monoisotopic (exact) mass is 265 g/mol. The summed E-state index contributed by atoms with van der Waals surface area (Å²) in [6.45, 7) is 5.92. The van der Waals surface area contributed by atoms with E-state index in [2.05, 4.69) is 36.2 Å². The molecule has 0 bridgehead atoms. The van der Waals surface area contributed by atoms with Crippen molar-refractivity contribution in [3.05, 3.63) is 35.2 Å². The third kappa shape index (κ3) is 2.48. The number of halogens is 1. The number of anilines is 2. The molecule has 0 fully saturated rings. The van der Waals surface area contributed by atoms with Gasteiger partial charge in [-0.05, 0) is 32.4 Å². The number of aromatic nitrogens is 2. The molecule has 1 unspecified atom stereocenters. The zero-order valence-corrected chi connectivity index (χ0v) is 11.7. The molecule has 0 saturated heterocycles. The Morgan fingerprint density at radius 1 is 1.28 bits per heavy atom. The van der Waals surface area contributed by atoms with Crippen molar-refractivity contribution in [1.29, 1.82) is 0 Å². The van der Waals surface area contributed by atoms with E-state index in [9.17, 15) is 0 Å². The first-order valence-corrected chi connectivity index (χ1v) is 6.21. The molecule has 1 atom stereocenters. The van der Waals surface area contributed by atoms with Crippen molar-refractivity contribution < 1.29 is 4.42 Å². The molecule has 1 aromatic carbocycles. The Balaban J connectivity index is 2.32. The van der Waals surface area contributed by atoms with Gasteiger partial charge >= 0.3 is 6.01 Å². The van der Waals surface area contributed by atoms with Gasteiger partial charge < -0.3 is 4.42 Å². The van der Waals surface area contributed by atoms with Crippen LogP contribution in [0.25, 0.3) is 0 Å². The third-order valence-corrected chi connectivity index (χ3v) is 2.96. The summed E-state index contributed by atoms with van der Waals surface area (Å²) in [7, 11) is 1.90. The van der Waals surface area contributed by atoms with Crippen LogP contribution in [-0.4, -0.2) is 17.2 Å². The second-order valence-corrected chi connectivity index (χ2v) is 5.04. The van der Waals surface area contributed by atoms with E-state index < -0.39 is 0 Å². The minimum Gasteiger partial charge on any atom is -0.406 e. The topological polar surface area (TPSA) is 42.2 Å². The average Bonchev–Trinajstić information content (AvgIpc) is 2.77. The molecule has 0 spiro atoms. The summed E-state index contributed by atoms with van der Waals surface area (Å²) in [6, 6.07) is 6.66. The fourth-order valence-corrected chi connectivity index (χ4v) is 1.90. The van der Waals surface area contributed by atoms with Crippen molar-refractivity contribution in [2.75, 3.05) is 11.9 Å². The second kappa shape index (κ2) is 4.98. The number of alkyl halides is 1. The minimum atomic E-state index is -0.279. The molecule has 0 aliphatic heterocycles. The van der Waals surface area contributed by atoms with Crippen molar-refractivity contribution in [1.82, 2.24) is 10.2 Å². The van der Waals surface area contributed by atoms with Crippen molar-refractivity contribution in [2.24, 2.45) is 0 Å². The van der Waals surface area contributed by atoms with Gasteiger partial charge in [-0.15, -0.1) is 16.7 Å². The molecule has 0 radical (unpaired) electrons. The quantitative estimate of drug-likeness (QED) is 0.793. The van der Waals surface area contributed by atoms with Gasteiger partial charge in [0, 0.05) is 12.7 Å². The molecule has 1 aromatic heterocycles. The maximum Gasteiger partial charge on any atom is 0.322 e. The molecule has 4 nitrogen and oxygen atoms in total. The highest BCUT2D eigenvalue weighted by atomic mass is 35.5. The highest BCUT2D eigenvalue weighted by molar-refractivity contribution is 6.20. The van der Waals surface area contributed by atoms with Crippen LogP contribution in [0.15, 0.2) is 22.6 Å². The van der Waals surface area contributed by atoms with E-state index in [0.29, 0.717) is 11.9 Å². The van der Waals surface area contributed by atoms with Crippen molar-refractivity contribution in [2.45, 2.75) is 26.1 Å². The standard InChI is InChI=1S/C13H16ClN3O/c1-8-5-6-11(9(2)7-8)17(4)13-16-15-12(18-13)10(3)14/h5-7,10H,1-4H3. The molecule has 0 aliphatic rings. The van der Waals surface area contributed by atoms with E-state index in [4.69, 9.17) is 16.0 Å². The predicted octanol–water partition coefficient (Wildman–Crippen LogP) is 3.75. The van der Waals surface area contributed by atoms with Crippen LogP contribution < -0.4 is 4.90 Å². The van der Waals surface area contributed by atoms with Gasteiger partial charge in [-0.2, -0.15) is 0 Å². The fraction of sp³-hybridized carbons (Fsp3) is 0.385. The van der Waals surface area contributed by atoms with Gasteiger partial charge in [-0.25, -0.2) is 0 Å². The van der Waals surface area contributed by atoms with Crippen LogP contribution in [0.3, 0.4) is 0 Å². The lowest BCUT2D eigenvalue weighted by Gasteiger charge is -2.17. The molecule has 18 heavy (non-hydrogen) atoms. The predicted molar refractivity (Wildman–Crippen MR) is 72.5 cm³/mol. The van der Waals surface area contributed by atoms with Crippen molar-refractivity contribution in [3.8, 4) is 0 Å². The molecular weight excluding hydrogens is 250 g/mol. The zero-order chi connectivity index (χ0) is 13.3. The number of rotatable bonds is 3. The van der Waals surface area contributed by atoms with Crippen LogP contribution in [0.4, 0.5) is 11.7 Å². The molecule has 5 heteroatoms. The summed E-state index contributed by atoms with van der Waals surface area (Å²) in [5, 5.41) is 7.64. The molecule has 0 saturated carbocycles. The van der Waals surface area contributed by atoms with Crippen LogP contribution in [0.2, 0.25) is 0 Å². The Morgan fingerprint density at radius 3 is 2.56 bits per heavy atom. The van der Waals surface area contributed by atoms with Crippen LogP contribution in [0.1, 0.15) is 29.3 Å². The van der Waals surface area contributed by atoms with E-state index in [-0.39, 0.29) is 5.38 Å². The molecule has 0 aliphatic carbocycles. The van der Waals surface area contributed by atoms with Crippen LogP contribution in [-0.2, 0) is 0 Å². The molecule has 0 N–H and O–H groups in total. The van der Waals surface area contributed by atoms with Crippen LogP contribution in [0.5, 0.6) is 0 Å². The summed E-state index contributed by atoms with van der Waals surface area (Å²) >= 11 is 5.90. The smallest absolute Gasteiger partial charge is 0.322 e. The van der Waals surface area contributed by atoms with Gasteiger partial charge in [0.15, 0.2) is 0 Å². The number of aryl methyl sites for hydroxylation is 2. The number of nitrogens with zero attached hydrogens (tertiary/aromatic N) is 3. The van der Waals surface area contributed by atoms with Crippen molar-refractivity contribution >= 4 is 23.3 Å². The van der Waals surface area contributed by atoms with Gasteiger partial charge in [-0.3, -0.25) is 4.90 Å². The number of benzene rings is 1. The normalized spacial score (nSPS) is 12.5. The molecular formula is C13H16ClN3O. The van der Waals surface area contributed by atoms with Gasteiger partial charge in [0.05, 0.1) is 0 Å². The van der Waals surface area contributed by atoms with Gasteiger partial charge in [0.25, 0.3) is 0 Å². The lowest BCUT2D eigenvalue weighted by Crippen LogP contribution is -2.11. The minimum absolute atomic E-state index is 0.279. The Hall–Kier alpha value is -1.55. The molecule has 96 valence electrons. The molecule has 1 heterocycles. The summed E-state index contributed by atoms with van der Waals surface area (Å²) in [4.78, 5) is 1.87. The van der Waals surface area contributed by atoms with Crippen molar-refractivity contribution in [3.63, 3.8) is 0 Å². The van der Waals surface area contributed by atoms with Gasteiger partial charge in [-0.1, -0.05) is 22.8 Å². The van der Waals surface area contributed by atoms with E-state index in [1.165, 1.54) is 5.56 Å². The number of hydrogen-bond acceptors (Lipinski definition) is 4. The molecule has 2 rings (SSSR count). The lowest BCUT2D eigenvalue weighted by molar-refractivity contribution is 0.499. The zero-order valence-electron chi connectivity index (χ0n) is 10.9. The van der Waals surface area contributed by atoms with E-state index in [0.717, 1.165) is 11.3 Å². The summed E-state index contributed by atoms with van der Waals surface area (Å²) in [5.74, 6) is 0.434. The number of hydrogen-bond donors (Lipinski definition) is 0. The molecule has 2 aromatic rings. The maximum absolute atomic E-state index is 5.90. The van der Waals surface area contributed by atoms with Crippen LogP contribution >= 0.6 is 11.6 Å². The highest BCUT2D eigenvalue weighted by Crippen LogP contribution is 2.28. The summed E-state index contributed by atoms with van der Waals surface area (Å²) < 4.78 is 5.52. The first-order chi connectivity index (χ1) is 8.49. The Kier molecular flexibility index (Phi) is 3.57. The van der Waals surface area contributed by atoms with E-state index in [1.807, 2.05) is 18.0 Å². The SMILES string of the molecule is Cc1ccc(N(C)c2nnc(C(C)Cl)o2)c(C)c1. The Morgan fingerprint density at radius 2 is 2.00 bits per heavy atom. The van der Waals surface area contributed by atoms with Gasteiger partial charge in [0.2, 0.25) is 5.89 Å². The highest BCUT2D eigenvalue weighted by Gasteiger charge is 2.16. The fourth-order valence-electron chi connectivity index (χ4n) is 1.81. The summed E-state index contributed by atoms with van der Waals surface area (Å²) in [5.41, 5.74) is 3.43. The third-order valence-electron chi connectivity index (χ3n) is 2.77. The lowest BCUT2D eigenvalue weighted by atomic mass is 10.1. The Bertz CT molecular complexity index is 551. The molecule has 0 amide bonds. The van der Waals surface area contributed by atoms with E-state index >= 15 is 0 Å². The Labute approximate surface area is 112 Å². The largest absolute Gasteiger partial charge is 0.406 e.